The highest BCUT2D eigenvalue weighted by Crippen LogP contribution is 2.27. The van der Waals surface area contributed by atoms with Crippen molar-refractivity contribution in [1.29, 1.82) is 0 Å². The molecule has 0 radical (unpaired) electrons. The lowest BCUT2D eigenvalue weighted by Gasteiger charge is -2.20. The molecular formula is C17H21N3O. The second-order valence-electron chi connectivity index (χ2n) is 5.18. The molecule has 1 aromatic heterocycles. The van der Waals surface area contributed by atoms with Crippen LogP contribution in [0, 0.1) is 0 Å². The number of aromatic nitrogens is 1. The first-order chi connectivity index (χ1) is 10.4. The minimum atomic E-state index is 0.316. The number of fused-ring (bicyclic) bond motifs is 1. The lowest BCUT2D eigenvalue weighted by molar-refractivity contribution is 0.327. The molecule has 1 unspecified atom stereocenters. The molecule has 1 aromatic carbocycles. The molecule has 0 saturated heterocycles. The van der Waals surface area contributed by atoms with E-state index in [4.69, 9.17) is 4.74 Å². The van der Waals surface area contributed by atoms with Crippen molar-refractivity contribution in [3.63, 3.8) is 0 Å². The monoisotopic (exact) mass is 283 g/mol. The van der Waals surface area contributed by atoms with Gasteiger partial charge in [-0.15, -0.1) is 0 Å². The van der Waals surface area contributed by atoms with Crippen molar-refractivity contribution in [3.8, 4) is 5.88 Å². The van der Waals surface area contributed by atoms with E-state index in [1.165, 1.54) is 11.1 Å². The Morgan fingerprint density at radius 2 is 2.19 bits per heavy atom. The van der Waals surface area contributed by atoms with Crippen LogP contribution in [-0.4, -0.2) is 18.1 Å². The van der Waals surface area contributed by atoms with Gasteiger partial charge in [-0.25, -0.2) is 4.98 Å². The Kier molecular flexibility index (Phi) is 4.36. The summed E-state index contributed by atoms with van der Waals surface area (Å²) in [6, 6.07) is 12.9. The Morgan fingerprint density at radius 3 is 3.00 bits per heavy atom. The molecule has 0 spiro atoms. The van der Waals surface area contributed by atoms with Gasteiger partial charge in [0.25, 0.3) is 0 Å². The number of benzene rings is 1. The molecule has 4 heteroatoms. The first-order valence-electron chi connectivity index (χ1n) is 7.50. The molecule has 0 bridgehead atoms. The fourth-order valence-corrected chi connectivity index (χ4v) is 2.71. The second kappa shape index (κ2) is 6.59. The molecule has 110 valence electrons. The lowest BCUT2D eigenvalue weighted by atomic mass is 9.99. The van der Waals surface area contributed by atoms with Gasteiger partial charge in [0.05, 0.1) is 24.5 Å². The van der Waals surface area contributed by atoms with Gasteiger partial charge in [-0.3, -0.25) is 0 Å². The minimum Gasteiger partial charge on any atom is -0.478 e. The number of hydrogen-bond donors (Lipinski definition) is 2. The molecule has 0 amide bonds. The number of pyridine rings is 1. The van der Waals surface area contributed by atoms with Crippen LogP contribution in [-0.2, 0) is 6.54 Å². The van der Waals surface area contributed by atoms with Crippen LogP contribution in [0.1, 0.15) is 30.5 Å². The predicted molar refractivity (Wildman–Crippen MR) is 84.5 cm³/mol. The third kappa shape index (κ3) is 3.34. The summed E-state index contributed by atoms with van der Waals surface area (Å²) in [6.07, 6.45) is 2.90. The fraction of sp³-hybridized carbons (Fsp3) is 0.353. The van der Waals surface area contributed by atoms with Crippen molar-refractivity contribution >= 4 is 5.69 Å². The van der Waals surface area contributed by atoms with Gasteiger partial charge in [0.15, 0.2) is 0 Å². The van der Waals surface area contributed by atoms with Crippen LogP contribution in [0.3, 0.4) is 0 Å². The molecule has 0 fully saturated rings. The van der Waals surface area contributed by atoms with Crippen LogP contribution in [0.25, 0.3) is 0 Å². The number of nitrogens with zero attached hydrogens (tertiary/aromatic N) is 1. The molecule has 3 rings (SSSR count). The summed E-state index contributed by atoms with van der Waals surface area (Å²) in [6.45, 7) is 4.55. The van der Waals surface area contributed by atoms with Crippen molar-refractivity contribution in [2.45, 2.75) is 25.9 Å². The molecule has 0 aliphatic carbocycles. The normalized spacial score (nSPS) is 17.7. The first-order valence-corrected chi connectivity index (χ1v) is 7.50. The van der Waals surface area contributed by atoms with Crippen molar-refractivity contribution in [3.05, 3.63) is 53.7 Å². The topological polar surface area (TPSA) is 46.2 Å². The van der Waals surface area contributed by atoms with Crippen LogP contribution in [0.5, 0.6) is 5.88 Å². The Labute approximate surface area is 125 Å². The van der Waals surface area contributed by atoms with Gasteiger partial charge in [0.2, 0.25) is 5.88 Å². The van der Waals surface area contributed by atoms with Gasteiger partial charge in [-0.1, -0.05) is 24.3 Å². The van der Waals surface area contributed by atoms with Crippen LogP contribution >= 0.6 is 0 Å². The SMILES string of the molecule is CCOc1ccc(NC2CCNCc3ccccc32)cn1. The van der Waals surface area contributed by atoms with Gasteiger partial charge in [-0.05, 0) is 37.1 Å². The van der Waals surface area contributed by atoms with E-state index in [0.717, 1.165) is 25.2 Å². The maximum atomic E-state index is 5.38. The summed E-state index contributed by atoms with van der Waals surface area (Å²) in [7, 11) is 0. The zero-order valence-corrected chi connectivity index (χ0v) is 12.3. The van der Waals surface area contributed by atoms with E-state index in [1.54, 1.807) is 0 Å². The third-order valence-electron chi connectivity index (χ3n) is 3.73. The quantitative estimate of drug-likeness (QED) is 0.905. The molecule has 1 aliphatic rings. The smallest absolute Gasteiger partial charge is 0.213 e. The van der Waals surface area contributed by atoms with Crippen molar-refractivity contribution in [2.24, 2.45) is 0 Å². The maximum Gasteiger partial charge on any atom is 0.213 e. The average molecular weight is 283 g/mol. The van der Waals surface area contributed by atoms with Crippen LogP contribution in [0.15, 0.2) is 42.6 Å². The van der Waals surface area contributed by atoms with Crippen LogP contribution in [0.2, 0.25) is 0 Å². The van der Waals surface area contributed by atoms with Crippen molar-refractivity contribution in [1.82, 2.24) is 10.3 Å². The maximum absolute atomic E-state index is 5.38. The molecule has 21 heavy (non-hydrogen) atoms. The summed E-state index contributed by atoms with van der Waals surface area (Å²) < 4.78 is 5.38. The summed E-state index contributed by atoms with van der Waals surface area (Å²) in [5.41, 5.74) is 3.77. The minimum absolute atomic E-state index is 0.316. The summed E-state index contributed by atoms with van der Waals surface area (Å²) in [5.74, 6) is 0.672. The average Bonchev–Trinajstić information content (AvgIpc) is 2.72. The Morgan fingerprint density at radius 1 is 1.29 bits per heavy atom. The zero-order chi connectivity index (χ0) is 14.5. The Bertz CT molecular complexity index is 583. The van der Waals surface area contributed by atoms with E-state index >= 15 is 0 Å². The fourth-order valence-electron chi connectivity index (χ4n) is 2.71. The Hall–Kier alpha value is -2.07. The largest absolute Gasteiger partial charge is 0.478 e. The molecule has 1 atom stereocenters. The number of ether oxygens (including phenoxy) is 1. The summed E-state index contributed by atoms with van der Waals surface area (Å²) in [4.78, 5) is 4.31. The highest BCUT2D eigenvalue weighted by atomic mass is 16.5. The molecule has 4 nitrogen and oxygen atoms in total. The standard InChI is InChI=1S/C17H21N3O/c1-2-21-17-8-7-14(12-19-17)20-16-9-10-18-11-13-5-3-4-6-15(13)16/h3-8,12,16,18,20H,2,9-11H2,1H3. The van der Waals surface area contributed by atoms with Gasteiger partial charge in [-0.2, -0.15) is 0 Å². The molecule has 2 N–H and O–H groups in total. The number of anilines is 1. The van der Waals surface area contributed by atoms with Crippen LogP contribution in [0.4, 0.5) is 5.69 Å². The number of rotatable bonds is 4. The van der Waals surface area contributed by atoms with Gasteiger partial charge >= 0.3 is 0 Å². The van der Waals surface area contributed by atoms with Crippen LogP contribution < -0.4 is 15.4 Å². The van der Waals surface area contributed by atoms with Gasteiger partial charge in [0, 0.05) is 12.6 Å². The van der Waals surface area contributed by atoms with Gasteiger partial charge in [0.1, 0.15) is 0 Å². The molecule has 2 aromatic rings. The van der Waals surface area contributed by atoms with Crippen molar-refractivity contribution < 1.29 is 4.74 Å². The highest BCUT2D eigenvalue weighted by molar-refractivity contribution is 5.46. The van der Waals surface area contributed by atoms with E-state index in [-0.39, 0.29) is 0 Å². The van der Waals surface area contributed by atoms with E-state index in [9.17, 15) is 0 Å². The second-order valence-corrected chi connectivity index (χ2v) is 5.18. The van der Waals surface area contributed by atoms with Crippen molar-refractivity contribution in [2.75, 3.05) is 18.5 Å². The molecule has 1 aliphatic heterocycles. The molecule has 0 saturated carbocycles. The first kappa shape index (κ1) is 13.9. The lowest BCUT2D eigenvalue weighted by Crippen LogP contribution is -2.15. The number of nitrogens with one attached hydrogen (secondary N) is 2. The predicted octanol–water partition coefficient (Wildman–Crippen LogP) is 3.13. The molecule has 2 heterocycles. The van der Waals surface area contributed by atoms with Gasteiger partial charge < -0.3 is 15.4 Å². The van der Waals surface area contributed by atoms with E-state index in [1.807, 2.05) is 25.3 Å². The zero-order valence-electron chi connectivity index (χ0n) is 12.3. The summed E-state index contributed by atoms with van der Waals surface area (Å²) >= 11 is 0. The van der Waals surface area contributed by atoms with E-state index in [2.05, 4.69) is 39.9 Å². The third-order valence-corrected chi connectivity index (χ3v) is 3.73. The summed E-state index contributed by atoms with van der Waals surface area (Å²) in [5, 5.41) is 7.06. The highest BCUT2D eigenvalue weighted by Gasteiger charge is 2.17. The van der Waals surface area contributed by atoms with E-state index in [0.29, 0.717) is 18.5 Å². The molecular weight excluding hydrogens is 262 g/mol. The van der Waals surface area contributed by atoms with E-state index < -0.39 is 0 Å². The number of hydrogen-bond acceptors (Lipinski definition) is 4. The Balaban J connectivity index is 1.77.